The van der Waals surface area contributed by atoms with Gasteiger partial charge in [0.1, 0.15) is 134 Å². The van der Waals surface area contributed by atoms with Crippen molar-refractivity contribution in [1.29, 1.82) is 0 Å². The molecule has 17 atom stereocenters. The van der Waals surface area contributed by atoms with Gasteiger partial charge < -0.3 is 109 Å². The Kier molecular flexibility index (Phi) is 23.3. The Bertz CT molecular complexity index is 4200. The van der Waals surface area contributed by atoms with Gasteiger partial charge in [-0.05, 0) is 147 Å². The Morgan fingerprint density at radius 2 is 0.971 bits per heavy atom. The molecule has 15 rings (SSSR count). The first-order chi connectivity index (χ1) is 49.5. The third-order valence-electron chi connectivity index (χ3n) is 19.2. The molecule has 1 aromatic heterocycles. The standard InChI is InChI=1S/C27H29NO7.C26H27ClO5S.C24H26N2O8/c29-15-23-24(30)25(31)26(32)27(35-23)17-7-9-21(34-19-4-2-1-3-5-19)18(14-17)12-16-6-8-22-20(13-16)28-10-11-33-22;27-19-8-7-17(26-25(31)24(30)23(29)20(13-28)32-26)12-18(19)9-14-5-6-16-11-15-3-1-2-4-21(15)33-22(16)10-14;27-10-19-21(28)22(29)23(30)24(34-19)14-2-4-17(33-20-11-31-12-26-20)15(9-14)7-13-1-3-18-16(8-13)25-5-6-32-18/h1-9,13-14,23-32H,10-12,15H2;1-8,10,12,15,20-21,23-26,28-31H,9,11,13H2;1-4,8-9,11-12,19,21-25,27-30H,5-7,10H2/t23-,24-,25+,26-,27+;15?,20-,21?,23-,24+,25-,26+;19-,21-,22+,23-,24+/m111/s1. The summed E-state index contributed by atoms with van der Waals surface area (Å²) in [6.45, 7) is 1.28. The summed E-state index contributed by atoms with van der Waals surface area (Å²) >= 11 is 8.41. The average molecular weight is 1440 g/mol. The molecule has 102 heavy (non-hydrogen) atoms. The minimum Gasteiger partial charge on any atom is -0.490 e. The van der Waals surface area contributed by atoms with Crippen LogP contribution < -0.4 is 29.6 Å². The first-order valence-electron chi connectivity index (χ1n) is 33.9. The second kappa shape index (κ2) is 32.8. The van der Waals surface area contributed by atoms with Crippen LogP contribution >= 0.6 is 23.4 Å². The van der Waals surface area contributed by atoms with Gasteiger partial charge in [0.15, 0.2) is 12.7 Å². The van der Waals surface area contributed by atoms with Gasteiger partial charge in [-0.15, -0.1) is 11.8 Å². The molecule has 6 aliphatic heterocycles. The van der Waals surface area contributed by atoms with Crippen molar-refractivity contribution < 1.29 is 98.9 Å². The van der Waals surface area contributed by atoms with Crippen molar-refractivity contribution in [3.63, 3.8) is 0 Å². The van der Waals surface area contributed by atoms with Crippen LogP contribution in [-0.2, 0) is 39.9 Å². The Balaban J connectivity index is 0.000000137. The van der Waals surface area contributed by atoms with Crippen LogP contribution in [0.25, 0.3) is 0 Å². The van der Waals surface area contributed by atoms with Gasteiger partial charge in [-0.1, -0.05) is 103 Å². The van der Waals surface area contributed by atoms with Crippen molar-refractivity contribution in [2.24, 2.45) is 5.92 Å². The van der Waals surface area contributed by atoms with Crippen LogP contribution in [0.3, 0.4) is 0 Å². The molecule has 7 heterocycles. The number of allylic oxidation sites excluding steroid dienone is 3. The van der Waals surface area contributed by atoms with Gasteiger partial charge in [0.25, 0.3) is 5.88 Å². The average Bonchev–Trinajstić information content (AvgIpc) is 0.894. The molecule has 3 fully saturated rings. The number of para-hydroxylation sites is 1. The second-order valence-corrected chi connectivity index (χ2v) is 27.7. The number of halogens is 1. The van der Waals surface area contributed by atoms with E-state index in [0.717, 1.165) is 75.8 Å². The molecule has 3 saturated heterocycles. The number of aromatic nitrogens is 1. The predicted octanol–water partition coefficient (Wildman–Crippen LogP) is 6.97. The smallest absolute Gasteiger partial charge is 0.258 e. The number of fused-ring (bicyclic) bond motifs is 4. The summed E-state index contributed by atoms with van der Waals surface area (Å²) in [6.07, 6.45) is -4.11. The molecule has 25 heteroatoms. The number of nitrogens with zero attached hydrogens (tertiary/aromatic N) is 1. The van der Waals surface area contributed by atoms with Gasteiger partial charge in [0.05, 0.1) is 31.2 Å². The summed E-state index contributed by atoms with van der Waals surface area (Å²) in [5.74, 6) is 4.32. The largest absolute Gasteiger partial charge is 0.490 e. The maximum absolute atomic E-state index is 10.6. The number of ether oxygens (including phenoxy) is 7. The lowest BCUT2D eigenvalue weighted by Gasteiger charge is -2.40. The summed E-state index contributed by atoms with van der Waals surface area (Å²) in [6, 6.07) is 43.9. The first-order valence-corrected chi connectivity index (χ1v) is 35.1. The fraction of sp³-hybridized carbons (Fsp3) is 0.364. The minimum atomic E-state index is -1.46. The van der Waals surface area contributed by atoms with Gasteiger partial charge in [-0.2, -0.15) is 4.98 Å². The van der Waals surface area contributed by atoms with Crippen LogP contribution in [0, 0.1) is 5.92 Å². The molecule has 23 nitrogen and oxygen atoms in total. The molecule has 0 amide bonds. The van der Waals surface area contributed by atoms with Gasteiger partial charge in [-0.3, -0.25) is 0 Å². The van der Waals surface area contributed by atoms with Crippen LogP contribution in [0.15, 0.2) is 186 Å². The van der Waals surface area contributed by atoms with Gasteiger partial charge in [-0.25, -0.2) is 0 Å². The number of hydrogen-bond donors (Lipinski definition) is 14. The van der Waals surface area contributed by atoms with E-state index in [-0.39, 0.29) is 0 Å². The van der Waals surface area contributed by atoms with E-state index >= 15 is 0 Å². The number of benzene rings is 7. The van der Waals surface area contributed by atoms with E-state index in [9.17, 15) is 61.3 Å². The van der Waals surface area contributed by atoms with Gasteiger partial charge >= 0.3 is 0 Å². The van der Waals surface area contributed by atoms with E-state index in [1.807, 2.05) is 96.7 Å². The molecule has 0 saturated carbocycles. The summed E-state index contributed by atoms with van der Waals surface area (Å²) < 4.78 is 45.7. The third kappa shape index (κ3) is 16.4. The molecule has 14 N–H and O–H groups in total. The van der Waals surface area contributed by atoms with Crippen molar-refractivity contribution in [3.05, 3.63) is 237 Å². The van der Waals surface area contributed by atoms with E-state index in [4.69, 9.17) is 49.2 Å². The van der Waals surface area contributed by atoms with E-state index in [2.05, 4.69) is 58.1 Å². The number of oxazole rings is 1. The lowest BCUT2D eigenvalue weighted by Crippen LogP contribution is -2.55. The zero-order valence-electron chi connectivity index (χ0n) is 55.2. The third-order valence-corrected chi connectivity index (χ3v) is 20.9. The monoisotopic (exact) mass is 1440 g/mol. The zero-order valence-corrected chi connectivity index (χ0v) is 56.8. The quantitative estimate of drug-likeness (QED) is 0.0464. The van der Waals surface area contributed by atoms with Crippen LogP contribution in [0.4, 0.5) is 11.4 Å². The SMILES string of the molecule is OC[C@H]1O[C@@H](c2ccc(Cl)c(Cc3ccc4c(c3)SC3C=CC=CC3C4)c2)[C@H](O)[C@@H](O)[C@@H]1O.OC[C@H]1O[C@@H](c2ccc(Oc3ccccc3)c(Cc3ccc4c(c3)NCCO4)c2)[C@H](O)[C@@H](O)[C@@H]1O.OC[C@H]1O[C@@H](c2ccc(Oc3cocn3)c(Cc3ccc4c(c3)NCCO4)c2)[C@H](O)[C@@H](O)[C@@H]1O. The predicted molar refractivity (Wildman–Crippen MR) is 376 cm³/mol. The van der Waals surface area contributed by atoms with Crippen LogP contribution in [0.5, 0.6) is 34.6 Å². The highest BCUT2D eigenvalue weighted by atomic mass is 35.5. The van der Waals surface area contributed by atoms with E-state index in [0.29, 0.717) is 88.5 Å². The van der Waals surface area contributed by atoms with Gasteiger partial charge in [0.2, 0.25) is 0 Å². The molecule has 538 valence electrons. The fourth-order valence-corrected chi connectivity index (χ4v) is 15.2. The van der Waals surface area contributed by atoms with E-state index < -0.39 is 111 Å². The normalized spacial score (nSPS) is 28.3. The lowest BCUT2D eigenvalue weighted by atomic mass is 9.89. The first kappa shape index (κ1) is 72.4. The molecule has 7 aliphatic rings. The Morgan fingerprint density at radius 3 is 1.49 bits per heavy atom. The lowest BCUT2D eigenvalue weighted by molar-refractivity contribution is -0.231. The second-order valence-electron chi connectivity index (χ2n) is 26.1. The number of hydrogen-bond acceptors (Lipinski definition) is 24. The molecule has 0 spiro atoms. The molecule has 0 bridgehead atoms. The van der Waals surface area contributed by atoms with E-state index in [1.165, 1.54) is 23.1 Å². The molecule has 2 unspecified atom stereocenters. The number of aliphatic hydroxyl groups excluding tert-OH is 12. The number of rotatable bonds is 16. The molecular formula is C77H82ClN3O20S. The fourth-order valence-electron chi connectivity index (χ4n) is 13.6. The van der Waals surface area contributed by atoms with Crippen molar-refractivity contribution in [1.82, 2.24) is 4.98 Å². The Hall–Kier alpha value is -7.93. The van der Waals surface area contributed by atoms with Crippen LogP contribution in [0.2, 0.25) is 5.02 Å². The van der Waals surface area contributed by atoms with Crippen molar-refractivity contribution in [2.45, 2.75) is 127 Å². The summed E-state index contributed by atoms with van der Waals surface area (Å²) in [5.41, 5.74) is 10.7. The molecule has 8 aromatic rings. The zero-order chi connectivity index (χ0) is 71.1. The maximum atomic E-state index is 10.6. The number of thioether (sulfide) groups is 1. The topological polar surface area (TPSA) is 357 Å². The minimum absolute atomic E-state index is 0.294. The van der Waals surface area contributed by atoms with Crippen LogP contribution in [0.1, 0.15) is 73.9 Å². The van der Waals surface area contributed by atoms with Crippen molar-refractivity contribution >= 4 is 34.7 Å². The highest BCUT2D eigenvalue weighted by molar-refractivity contribution is 8.00. The van der Waals surface area contributed by atoms with Crippen molar-refractivity contribution in [2.75, 3.05) is 56.8 Å². The molecular weight excluding hydrogens is 1350 g/mol. The van der Waals surface area contributed by atoms with Crippen LogP contribution in [-0.4, -0.2) is 191 Å². The molecule has 0 radical (unpaired) electrons. The number of nitrogens with one attached hydrogen (secondary N) is 2. The summed E-state index contributed by atoms with van der Waals surface area (Å²) in [5, 5.41) is 129. The Labute approximate surface area is 597 Å². The number of anilines is 2. The molecule has 7 aromatic carbocycles. The van der Waals surface area contributed by atoms with E-state index in [1.54, 1.807) is 36.4 Å². The summed E-state index contributed by atoms with van der Waals surface area (Å²) in [7, 11) is 0. The Morgan fingerprint density at radius 1 is 0.490 bits per heavy atom. The summed E-state index contributed by atoms with van der Waals surface area (Å²) in [4.78, 5) is 5.31. The maximum Gasteiger partial charge on any atom is 0.258 e. The highest BCUT2D eigenvalue weighted by Crippen LogP contribution is 2.44. The molecule has 1 aliphatic carbocycles. The number of aliphatic hydroxyl groups is 12. The van der Waals surface area contributed by atoms with Crippen molar-refractivity contribution in [3.8, 4) is 34.6 Å². The highest BCUT2D eigenvalue weighted by Gasteiger charge is 2.47. The van der Waals surface area contributed by atoms with Gasteiger partial charge in [0, 0.05) is 41.1 Å².